The Kier molecular flexibility index (Phi) is 3.47. The van der Waals surface area contributed by atoms with Crippen molar-refractivity contribution in [1.82, 2.24) is 5.01 Å². The summed E-state index contributed by atoms with van der Waals surface area (Å²) >= 11 is 1.53. The van der Waals surface area contributed by atoms with Crippen molar-refractivity contribution in [2.24, 2.45) is 5.10 Å². The molecule has 68 valence electrons. The Morgan fingerprint density at radius 1 is 1.77 bits per heavy atom. The fraction of sp³-hybridized carbons (Fsp3) is 0.333. The summed E-state index contributed by atoms with van der Waals surface area (Å²) < 4.78 is 0. The molecule has 0 amide bonds. The van der Waals surface area contributed by atoms with Gasteiger partial charge in [0.25, 0.3) is 0 Å². The Labute approximate surface area is 81.9 Å². The van der Waals surface area contributed by atoms with Crippen LogP contribution in [0, 0.1) is 11.3 Å². The van der Waals surface area contributed by atoms with Crippen LogP contribution in [0.5, 0.6) is 0 Å². The van der Waals surface area contributed by atoms with E-state index in [4.69, 9.17) is 5.26 Å². The molecule has 0 bridgehead atoms. The molecule has 13 heavy (non-hydrogen) atoms. The van der Waals surface area contributed by atoms with Gasteiger partial charge in [0.1, 0.15) is 6.07 Å². The van der Waals surface area contributed by atoms with Gasteiger partial charge in [-0.25, -0.2) is 0 Å². The van der Waals surface area contributed by atoms with Gasteiger partial charge in [-0.15, -0.1) is 11.3 Å². The number of rotatable bonds is 3. The largest absolute Gasteiger partial charge is 0.300 e. The van der Waals surface area contributed by atoms with Crippen molar-refractivity contribution in [3.8, 4) is 6.07 Å². The topological polar surface area (TPSA) is 39.4 Å². The van der Waals surface area contributed by atoms with Crippen LogP contribution in [0.2, 0.25) is 0 Å². The van der Waals surface area contributed by atoms with E-state index >= 15 is 0 Å². The molecule has 1 heterocycles. The van der Waals surface area contributed by atoms with Gasteiger partial charge in [-0.05, 0) is 13.0 Å². The van der Waals surface area contributed by atoms with Crippen molar-refractivity contribution in [3.63, 3.8) is 0 Å². The fourth-order valence-corrected chi connectivity index (χ4v) is 1.40. The molecule has 1 rings (SSSR count). The lowest BCUT2D eigenvalue weighted by Gasteiger charge is -2.06. The molecule has 0 atom stereocenters. The standard InChI is InChI=1S/C9H11N3S/c1-3-12(2)11-6-9-4-8(5-10)7-13-9/h4,6-7H,3H2,1-2H3/b11-6+. The van der Waals surface area contributed by atoms with Crippen LogP contribution in [0.25, 0.3) is 0 Å². The minimum absolute atomic E-state index is 0.700. The van der Waals surface area contributed by atoms with Crippen LogP contribution in [-0.4, -0.2) is 24.8 Å². The Morgan fingerprint density at radius 2 is 2.54 bits per heavy atom. The lowest BCUT2D eigenvalue weighted by molar-refractivity contribution is 0.377. The molecule has 4 heteroatoms. The summed E-state index contributed by atoms with van der Waals surface area (Å²) in [6.07, 6.45) is 1.77. The van der Waals surface area contributed by atoms with E-state index in [2.05, 4.69) is 11.2 Å². The van der Waals surface area contributed by atoms with Crippen LogP contribution in [0.15, 0.2) is 16.5 Å². The highest BCUT2D eigenvalue weighted by Gasteiger charge is 1.95. The van der Waals surface area contributed by atoms with E-state index in [1.807, 2.05) is 30.4 Å². The highest BCUT2D eigenvalue weighted by Crippen LogP contribution is 2.11. The third-order valence-electron chi connectivity index (χ3n) is 1.59. The van der Waals surface area contributed by atoms with Crippen molar-refractivity contribution in [1.29, 1.82) is 5.26 Å². The molecular weight excluding hydrogens is 182 g/mol. The number of hydrogen-bond donors (Lipinski definition) is 0. The molecule has 0 saturated heterocycles. The number of nitriles is 1. The van der Waals surface area contributed by atoms with Gasteiger partial charge in [-0.3, -0.25) is 0 Å². The monoisotopic (exact) mass is 193 g/mol. The van der Waals surface area contributed by atoms with Gasteiger partial charge in [0, 0.05) is 23.8 Å². The molecular formula is C9H11N3S. The molecule has 1 aromatic heterocycles. The summed E-state index contributed by atoms with van der Waals surface area (Å²) in [5.74, 6) is 0. The summed E-state index contributed by atoms with van der Waals surface area (Å²) in [5.41, 5.74) is 0.700. The zero-order valence-corrected chi connectivity index (χ0v) is 8.51. The van der Waals surface area contributed by atoms with Gasteiger partial charge >= 0.3 is 0 Å². The predicted octanol–water partition coefficient (Wildman–Crippen LogP) is 1.91. The maximum atomic E-state index is 8.58. The molecule has 0 unspecified atom stereocenters. The van der Waals surface area contributed by atoms with E-state index in [0.717, 1.165) is 11.4 Å². The first-order chi connectivity index (χ1) is 6.26. The van der Waals surface area contributed by atoms with Crippen LogP contribution in [0.3, 0.4) is 0 Å². The van der Waals surface area contributed by atoms with Crippen molar-refractivity contribution in [2.75, 3.05) is 13.6 Å². The van der Waals surface area contributed by atoms with Crippen LogP contribution in [-0.2, 0) is 0 Å². The van der Waals surface area contributed by atoms with E-state index in [-0.39, 0.29) is 0 Å². The van der Waals surface area contributed by atoms with Gasteiger partial charge in [0.15, 0.2) is 0 Å². The first kappa shape index (κ1) is 9.75. The molecule has 3 nitrogen and oxygen atoms in total. The highest BCUT2D eigenvalue weighted by atomic mass is 32.1. The second-order valence-corrected chi connectivity index (χ2v) is 3.51. The number of hydrazone groups is 1. The molecule has 0 aliphatic heterocycles. The van der Waals surface area contributed by atoms with Gasteiger partial charge < -0.3 is 5.01 Å². The fourth-order valence-electron chi connectivity index (χ4n) is 0.716. The average molecular weight is 193 g/mol. The lowest BCUT2D eigenvalue weighted by atomic mass is 10.3. The summed E-state index contributed by atoms with van der Waals surface area (Å²) in [7, 11) is 1.91. The summed E-state index contributed by atoms with van der Waals surface area (Å²) in [6.45, 7) is 2.92. The quantitative estimate of drug-likeness (QED) is 0.543. The Morgan fingerprint density at radius 3 is 3.08 bits per heavy atom. The van der Waals surface area contributed by atoms with E-state index in [9.17, 15) is 0 Å². The zero-order chi connectivity index (χ0) is 9.68. The molecule has 0 spiro atoms. The van der Waals surface area contributed by atoms with Crippen LogP contribution in [0.4, 0.5) is 0 Å². The average Bonchev–Trinajstić information content (AvgIpc) is 2.61. The smallest absolute Gasteiger partial charge is 0.100 e. The maximum Gasteiger partial charge on any atom is 0.100 e. The minimum atomic E-state index is 0.700. The van der Waals surface area contributed by atoms with Crippen LogP contribution in [0.1, 0.15) is 17.4 Å². The van der Waals surface area contributed by atoms with E-state index < -0.39 is 0 Å². The molecule has 0 fully saturated rings. The predicted molar refractivity (Wildman–Crippen MR) is 54.9 cm³/mol. The van der Waals surface area contributed by atoms with Gasteiger partial charge in [0.2, 0.25) is 0 Å². The van der Waals surface area contributed by atoms with Gasteiger partial charge in [-0.2, -0.15) is 10.4 Å². The summed E-state index contributed by atoms with van der Waals surface area (Å²) in [5, 5.41) is 16.4. The third kappa shape index (κ3) is 2.88. The zero-order valence-electron chi connectivity index (χ0n) is 7.69. The van der Waals surface area contributed by atoms with Crippen LogP contribution < -0.4 is 0 Å². The summed E-state index contributed by atoms with van der Waals surface area (Å²) in [4.78, 5) is 1.01. The number of thiophene rings is 1. The first-order valence-electron chi connectivity index (χ1n) is 4.00. The van der Waals surface area contributed by atoms with Crippen LogP contribution >= 0.6 is 11.3 Å². The number of hydrogen-bond acceptors (Lipinski definition) is 4. The molecule has 0 aliphatic carbocycles. The molecule has 1 aromatic rings. The molecule has 0 saturated carbocycles. The van der Waals surface area contributed by atoms with Crippen molar-refractivity contribution < 1.29 is 0 Å². The Bertz CT molecular complexity index is 335. The van der Waals surface area contributed by atoms with Gasteiger partial charge in [0.05, 0.1) is 11.8 Å². The molecule has 0 aliphatic rings. The molecule has 0 radical (unpaired) electrons. The Hall–Kier alpha value is -1.34. The normalized spacial score (nSPS) is 10.2. The SMILES string of the molecule is CCN(C)/N=C/c1cc(C#N)cs1. The second-order valence-electron chi connectivity index (χ2n) is 2.57. The van der Waals surface area contributed by atoms with E-state index in [1.54, 1.807) is 6.21 Å². The van der Waals surface area contributed by atoms with Crippen molar-refractivity contribution in [2.45, 2.75) is 6.92 Å². The van der Waals surface area contributed by atoms with Gasteiger partial charge in [-0.1, -0.05) is 0 Å². The lowest BCUT2D eigenvalue weighted by Crippen LogP contribution is -2.09. The second kappa shape index (κ2) is 4.63. The third-order valence-corrected chi connectivity index (χ3v) is 2.46. The van der Waals surface area contributed by atoms with Crippen molar-refractivity contribution >= 4 is 17.6 Å². The molecule has 0 N–H and O–H groups in total. The first-order valence-corrected chi connectivity index (χ1v) is 4.88. The number of nitrogens with zero attached hydrogens (tertiary/aromatic N) is 3. The van der Waals surface area contributed by atoms with E-state index in [1.165, 1.54) is 11.3 Å². The minimum Gasteiger partial charge on any atom is -0.300 e. The van der Waals surface area contributed by atoms with Crippen molar-refractivity contribution in [3.05, 3.63) is 21.9 Å². The maximum absolute atomic E-state index is 8.58. The summed E-state index contributed by atoms with van der Waals surface area (Å²) in [6, 6.07) is 3.92. The van der Waals surface area contributed by atoms with E-state index in [0.29, 0.717) is 5.56 Å². The Balaban J connectivity index is 2.64. The molecule has 0 aromatic carbocycles. The highest BCUT2D eigenvalue weighted by molar-refractivity contribution is 7.11.